The molecule has 0 radical (unpaired) electrons. The number of aromatic nitrogens is 2. The second kappa shape index (κ2) is 6.14. The lowest BCUT2D eigenvalue weighted by Crippen LogP contribution is -2.11. The summed E-state index contributed by atoms with van der Waals surface area (Å²) >= 11 is 0. The van der Waals surface area contributed by atoms with Crippen LogP contribution >= 0.6 is 0 Å². The van der Waals surface area contributed by atoms with Gasteiger partial charge in [0.05, 0.1) is 6.42 Å². The second-order valence-corrected chi connectivity index (χ2v) is 4.46. The van der Waals surface area contributed by atoms with Gasteiger partial charge in [0.15, 0.2) is 5.82 Å². The minimum Gasteiger partial charge on any atom is -0.486 e. The van der Waals surface area contributed by atoms with E-state index in [0.29, 0.717) is 22.8 Å². The van der Waals surface area contributed by atoms with Gasteiger partial charge in [-0.05, 0) is 26.0 Å². The van der Waals surface area contributed by atoms with Crippen molar-refractivity contribution < 1.29 is 14.6 Å². The van der Waals surface area contributed by atoms with Crippen LogP contribution in [0.15, 0.2) is 30.3 Å². The van der Waals surface area contributed by atoms with Crippen molar-refractivity contribution in [1.29, 1.82) is 0 Å². The van der Waals surface area contributed by atoms with E-state index < -0.39 is 5.97 Å². The van der Waals surface area contributed by atoms with E-state index in [1.165, 1.54) is 0 Å². The zero-order chi connectivity index (χ0) is 14.5. The third-order valence-corrected chi connectivity index (χ3v) is 2.91. The Hall–Kier alpha value is -2.43. The van der Waals surface area contributed by atoms with Crippen molar-refractivity contribution in [1.82, 2.24) is 9.97 Å². The van der Waals surface area contributed by atoms with Crippen LogP contribution in [0.25, 0.3) is 0 Å². The number of ether oxygens (including phenoxy) is 1. The lowest BCUT2D eigenvalue weighted by atomic mass is 10.1. The zero-order valence-electron chi connectivity index (χ0n) is 11.5. The summed E-state index contributed by atoms with van der Waals surface area (Å²) in [6.45, 7) is 3.84. The van der Waals surface area contributed by atoms with Gasteiger partial charge in [-0.3, -0.25) is 4.79 Å². The standard InChI is InChI=1S/C15H16N2O3/c1-10-13(8-15(18)19)11(2)17-14(16-10)9-20-12-6-4-3-5-7-12/h3-7H,8-9H2,1-2H3,(H,18,19). The van der Waals surface area contributed by atoms with Gasteiger partial charge >= 0.3 is 5.97 Å². The first-order valence-electron chi connectivity index (χ1n) is 6.29. The molecular formula is C15H16N2O3. The predicted octanol–water partition coefficient (Wildman–Crippen LogP) is 2.30. The molecule has 5 nitrogen and oxygen atoms in total. The molecule has 0 fully saturated rings. The third kappa shape index (κ3) is 3.54. The number of aryl methyl sites for hydroxylation is 2. The summed E-state index contributed by atoms with van der Waals surface area (Å²) in [5.74, 6) is 0.423. The predicted molar refractivity (Wildman–Crippen MR) is 73.6 cm³/mol. The van der Waals surface area contributed by atoms with Crippen LogP contribution in [-0.4, -0.2) is 21.0 Å². The second-order valence-electron chi connectivity index (χ2n) is 4.46. The van der Waals surface area contributed by atoms with E-state index in [9.17, 15) is 4.79 Å². The van der Waals surface area contributed by atoms with Crippen molar-refractivity contribution in [3.63, 3.8) is 0 Å². The van der Waals surface area contributed by atoms with Crippen LogP contribution in [0, 0.1) is 13.8 Å². The molecule has 1 N–H and O–H groups in total. The van der Waals surface area contributed by atoms with Gasteiger partial charge in [0.25, 0.3) is 0 Å². The van der Waals surface area contributed by atoms with Gasteiger partial charge in [-0.15, -0.1) is 0 Å². The number of rotatable bonds is 5. The highest BCUT2D eigenvalue weighted by Crippen LogP contribution is 2.14. The molecule has 2 rings (SSSR count). The maximum Gasteiger partial charge on any atom is 0.307 e. The van der Waals surface area contributed by atoms with Gasteiger partial charge in [0.1, 0.15) is 12.4 Å². The molecule has 0 aliphatic rings. The summed E-state index contributed by atoms with van der Waals surface area (Å²) in [4.78, 5) is 19.4. The Morgan fingerprint density at radius 1 is 1.15 bits per heavy atom. The molecule has 0 bridgehead atoms. The lowest BCUT2D eigenvalue weighted by Gasteiger charge is -2.10. The summed E-state index contributed by atoms with van der Waals surface area (Å²) in [5, 5.41) is 8.86. The number of nitrogens with zero attached hydrogens (tertiary/aromatic N) is 2. The number of aliphatic carboxylic acids is 1. The van der Waals surface area contributed by atoms with E-state index in [1.807, 2.05) is 30.3 Å². The van der Waals surface area contributed by atoms with E-state index in [1.54, 1.807) is 13.8 Å². The summed E-state index contributed by atoms with van der Waals surface area (Å²) in [6, 6.07) is 9.42. The van der Waals surface area contributed by atoms with Crippen LogP contribution in [-0.2, 0) is 17.8 Å². The lowest BCUT2D eigenvalue weighted by molar-refractivity contribution is -0.136. The molecule has 1 aromatic heterocycles. The molecule has 20 heavy (non-hydrogen) atoms. The molecule has 5 heteroatoms. The number of carboxylic acid groups (broad SMARTS) is 1. The SMILES string of the molecule is Cc1nc(COc2ccccc2)nc(C)c1CC(=O)O. The van der Waals surface area contributed by atoms with E-state index in [4.69, 9.17) is 9.84 Å². The molecule has 1 heterocycles. The molecule has 0 spiro atoms. The Morgan fingerprint density at radius 2 is 1.75 bits per heavy atom. The highest BCUT2D eigenvalue weighted by Gasteiger charge is 2.12. The molecule has 0 saturated heterocycles. The Morgan fingerprint density at radius 3 is 2.30 bits per heavy atom. The Kier molecular flexibility index (Phi) is 4.30. The van der Waals surface area contributed by atoms with Crippen molar-refractivity contribution in [2.45, 2.75) is 26.9 Å². The van der Waals surface area contributed by atoms with Crippen molar-refractivity contribution in [3.05, 3.63) is 53.1 Å². The summed E-state index contributed by atoms with van der Waals surface area (Å²) < 4.78 is 5.58. The Balaban J connectivity index is 2.12. The van der Waals surface area contributed by atoms with Gasteiger partial charge in [0, 0.05) is 17.0 Å². The van der Waals surface area contributed by atoms with Crippen LogP contribution in [0.5, 0.6) is 5.75 Å². The van der Waals surface area contributed by atoms with Gasteiger partial charge in [0.2, 0.25) is 0 Å². The highest BCUT2D eigenvalue weighted by atomic mass is 16.5. The first-order chi connectivity index (χ1) is 9.56. The van der Waals surface area contributed by atoms with E-state index in [2.05, 4.69) is 9.97 Å². The summed E-state index contributed by atoms with van der Waals surface area (Å²) in [6.07, 6.45) is -0.0580. The quantitative estimate of drug-likeness (QED) is 0.904. The van der Waals surface area contributed by atoms with Crippen LogP contribution < -0.4 is 4.74 Å². The molecule has 0 atom stereocenters. The zero-order valence-corrected chi connectivity index (χ0v) is 11.5. The van der Waals surface area contributed by atoms with Crippen molar-refractivity contribution in [3.8, 4) is 5.75 Å². The molecule has 0 saturated carbocycles. The molecule has 0 unspecified atom stereocenters. The van der Waals surface area contributed by atoms with E-state index >= 15 is 0 Å². The molecule has 2 aromatic rings. The Labute approximate surface area is 117 Å². The van der Waals surface area contributed by atoms with Gasteiger partial charge in [-0.25, -0.2) is 9.97 Å². The number of hydrogen-bond donors (Lipinski definition) is 1. The fraction of sp³-hybridized carbons (Fsp3) is 0.267. The maximum absolute atomic E-state index is 10.8. The number of benzene rings is 1. The largest absolute Gasteiger partial charge is 0.486 e. The maximum atomic E-state index is 10.8. The number of carboxylic acids is 1. The van der Waals surface area contributed by atoms with Gasteiger partial charge in [-0.1, -0.05) is 18.2 Å². The van der Waals surface area contributed by atoms with Crippen molar-refractivity contribution >= 4 is 5.97 Å². The van der Waals surface area contributed by atoms with Crippen LogP contribution in [0.1, 0.15) is 22.8 Å². The number of para-hydroxylation sites is 1. The smallest absolute Gasteiger partial charge is 0.307 e. The average Bonchev–Trinajstić information content (AvgIpc) is 2.41. The Bertz CT molecular complexity index is 589. The normalized spacial score (nSPS) is 10.3. The number of hydrogen-bond acceptors (Lipinski definition) is 4. The highest BCUT2D eigenvalue weighted by molar-refractivity contribution is 5.70. The van der Waals surface area contributed by atoms with E-state index in [0.717, 1.165) is 5.75 Å². The number of carbonyl (C=O) groups is 1. The average molecular weight is 272 g/mol. The van der Waals surface area contributed by atoms with Crippen LogP contribution in [0.3, 0.4) is 0 Å². The third-order valence-electron chi connectivity index (χ3n) is 2.91. The first kappa shape index (κ1) is 14.0. The van der Waals surface area contributed by atoms with Crippen molar-refractivity contribution in [2.75, 3.05) is 0 Å². The van der Waals surface area contributed by atoms with Gasteiger partial charge < -0.3 is 9.84 Å². The monoisotopic (exact) mass is 272 g/mol. The molecule has 0 aliphatic heterocycles. The fourth-order valence-corrected chi connectivity index (χ4v) is 1.95. The molecule has 0 amide bonds. The van der Waals surface area contributed by atoms with Crippen molar-refractivity contribution in [2.24, 2.45) is 0 Å². The molecule has 1 aromatic carbocycles. The topological polar surface area (TPSA) is 72.3 Å². The van der Waals surface area contributed by atoms with Gasteiger partial charge in [-0.2, -0.15) is 0 Å². The molecule has 104 valence electrons. The molecular weight excluding hydrogens is 256 g/mol. The van der Waals surface area contributed by atoms with Crippen LogP contribution in [0.2, 0.25) is 0 Å². The summed E-state index contributed by atoms with van der Waals surface area (Å²) in [7, 11) is 0. The van der Waals surface area contributed by atoms with E-state index in [-0.39, 0.29) is 13.0 Å². The molecule has 0 aliphatic carbocycles. The minimum absolute atomic E-state index is 0.0580. The van der Waals surface area contributed by atoms with Crippen LogP contribution in [0.4, 0.5) is 0 Å². The fourth-order valence-electron chi connectivity index (χ4n) is 1.95. The summed E-state index contributed by atoms with van der Waals surface area (Å²) in [5.41, 5.74) is 2.04. The first-order valence-corrected chi connectivity index (χ1v) is 6.29. The minimum atomic E-state index is -0.881.